The molecule has 0 saturated carbocycles. The molecule has 106 valence electrons. The molecule has 2 rings (SSSR count). The summed E-state index contributed by atoms with van der Waals surface area (Å²) in [7, 11) is -3.85. The van der Waals surface area contributed by atoms with E-state index < -0.39 is 15.8 Å². The van der Waals surface area contributed by atoms with Gasteiger partial charge in [-0.15, -0.1) is 0 Å². The third kappa shape index (κ3) is 3.15. The first kappa shape index (κ1) is 14.9. The number of rotatable bonds is 3. The van der Waals surface area contributed by atoms with Gasteiger partial charge in [-0.3, -0.25) is 4.72 Å². The van der Waals surface area contributed by atoms with Crippen molar-refractivity contribution < 1.29 is 12.8 Å². The monoisotopic (exact) mass is 334 g/mol. The molecule has 0 radical (unpaired) electrons. The van der Waals surface area contributed by atoms with Gasteiger partial charge in [0, 0.05) is 0 Å². The summed E-state index contributed by atoms with van der Waals surface area (Å²) < 4.78 is 39.5. The highest BCUT2D eigenvalue weighted by atomic mass is 35.5. The van der Waals surface area contributed by atoms with Crippen molar-refractivity contribution in [2.75, 3.05) is 10.5 Å². The van der Waals surface area contributed by atoms with Crippen molar-refractivity contribution in [3.05, 3.63) is 52.3 Å². The van der Waals surface area contributed by atoms with Crippen LogP contribution in [0.3, 0.4) is 0 Å². The summed E-state index contributed by atoms with van der Waals surface area (Å²) in [6, 6.07) is 7.43. The number of anilines is 2. The Morgan fingerprint density at radius 3 is 2.35 bits per heavy atom. The summed E-state index contributed by atoms with van der Waals surface area (Å²) in [6.07, 6.45) is 0. The van der Waals surface area contributed by atoms with Crippen LogP contribution in [0.2, 0.25) is 10.0 Å². The number of hydrogen-bond acceptors (Lipinski definition) is 3. The zero-order valence-corrected chi connectivity index (χ0v) is 12.2. The Hall–Kier alpha value is -1.50. The molecular formula is C12H9Cl2FN2O2S. The molecule has 0 atom stereocenters. The molecule has 3 N–H and O–H groups in total. The lowest BCUT2D eigenvalue weighted by Crippen LogP contribution is -2.13. The molecule has 2 aromatic rings. The molecule has 0 heterocycles. The highest BCUT2D eigenvalue weighted by Crippen LogP contribution is 2.25. The van der Waals surface area contributed by atoms with E-state index in [-0.39, 0.29) is 26.3 Å². The van der Waals surface area contributed by atoms with Crippen molar-refractivity contribution in [1.82, 2.24) is 0 Å². The van der Waals surface area contributed by atoms with Gasteiger partial charge >= 0.3 is 0 Å². The minimum absolute atomic E-state index is 0.0582. The second-order valence-corrected chi connectivity index (χ2v) is 6.41. The van der Waals surface area contributed by atoms with Crippen molar-refractivity contribution in [3.63, 3.8) is 0 Å². The summed E-state index contributed by atoms with van der Waals surface area (Å²) in [4.78, 5) is -0.0582. The van der Waals surface area contributed by atoms with Crippen LogP contribution in [0.5, 0.6) is 0 Å². The summed E-state index contributed by atoms with van der Waals surface area (Å²) in [5.74, 6) is -0.634. The average molecular weight is 335 g/mol. The van der Waals surface area contributed by atoms with E-state index in [4.69, 9.17) is 28.9 Å². The van der Waals surface area contributed by atoms with Crippen molar-refractivity contribution in [1.29, 1.82) is 0 Å². The lowest BCUT2D eigenvalue weighted by atomic mass is 10.3. The van der Waals surface area contributed by atoms with E-state index in [2.05, 4.69) is 4.72 Å². The molecule has 2 aromatic carbocycles. The fraction of sp³-hybridized carbons (Fsp3) is 0. The zero-order valence-electron chi connectivity index (χ0n) is 9.90. The second kappa shape index (κ2) is 5.47. The van der Waals surface area contributed by atoms with Gasteiger partial charge in [0.05, 0.1) is 26.3 Å². The molecule has 0 aliphatic carbocycles. The molecule has 0 unspecified atom stereocenters. The highest BCUT2D eigenvalue weighted by Gasteiger charge is 2.16. The maximum Gasteiger partial charge on any atom is 0.261 e. The summed E-state index contributed by atoms with van der Waals surface area (Å²) in [5.41, 5.74) is 5.93. The molecular weight excluding hydrogens is 326 g/mol. The van der Waals surface area contributed by atoms with Gasteiger partial charge in [-0.25, -0.2) is 12.8 Å². The smallest absolute Gasteiger partial charge is 0.261 e. The number of nitrogen functional groups attached to an aromatic ring is 1. The third-order valence-electron chi connectivity index (χ3n) is 2.45. The van der Waals surface area contributed by atoms with Crippen molar-refractivity contribution in [3.8, 4) is 0 Å². The van der Waals surface area contributed by atoms with Crippen LogP contribution >= 0.6 is 23.2 Å². The standard InChI is InChI=1S/C12H9Cl2FN2O2S/c13-9-5-7(1-3-11(9)15)17-20(18,19)8-2-4-12(16)10(14)6-8/h1-6,17H,16H2. The number of nitrogens with two attached hydrogens (primary N) is 1. The molecule has 20 heavy (non-hydrogen) atoms. The van der Waals surface area contributed by atoms with Crippen LogP contribution < -0.4 is 10.5 Å². The topological polar surface area (TPSA) is 72.2 Å². The van der Waals surface area contributed by atoms with Crippen LogP contribution in [0.15, 0.2) is 41.3 Å². The molecule has 0 spiro atoms. The Labute approximate surface area is 125 Å². The van der Waals surface area contributed by atoms with E-state index in [1.54, 1.807) is 0 Å². The first-order valence-corrected chi connectivity index (χ1v) is 7.56. The highest BCUT2D eigenvalue weighted by molar-refractivity contribution is 7.92. The maximum atomic E-state index is 13.0. The number of hydrogen-bond donors (Lipinski definition) is 2. The van der Waals surface area contributed by atoms with Gasteiger partial charge in [0.25, 0.3) is 10.0 Å². The van der Waals surface area contributed by atoms with Crippen molar-refractivity contribution in [2.45, 2.75) is 4.90 Å². The van der Waals surface area contributed by atoms with Gasteiger partial charge < -0.3 is 5.73 Å². The van der Waals surface area contributed by atoms with Crippen molar-refractivity contribution >= 4 is 44.6 Å². The first-order valence-electron chi connectivity index (χ1n) is 5.32. The van der Waals surface area contributed by atoms with Crippen LogP contribution in [0.4, 0.5) is 15.8 Å². The summed E-state index contributed by atoms with van der Waals surface area (Å²) in [5, 5.41) is -0.0504. The van der Waals surface area contributed by atoms with Crippen LogP contribution in [-0.4, -0.2) is 8.42 Å². The van der Waals surface area contributed by atoms with Crippen molar-refractivity contribution in [2.24, 2.45) is 0 Å². The molecule has 8 heteroatoms. The SMILES string of the molecule is Nc1ccc(S(=O)(=O)Nc2ccc(F)c(Cl)c2)cc1Cl. The Morgan fingerprint density at radius 1 is 1.05 bits per heavy atom. The average Bonchev–Trinajstić information content (AvgIpc) is 2.37. The minimum atomic E-state index is -3.85. The Bertz CT molecular complexity index is 766. The lowest BCUT2D eigenvalue weighted by Gasteiger charge is -2.09. The van der Waals surface area contributed by atoms with Gasteiger partial charge in [0.15, 0.2) is 0 Å². The number of nitrogens with one attached hydrogen (secondary N) is 1. The predicted octanol–water partition coefficient (Wildman–Crippen LogP) is 3.52. The van der Waals surface area contributed by atoms with E-state index in [0.29, 0.717) is 0 Å². The molecule has 0 saturated heterocycles. The van der Waals surface area contributed by atoms with E-state index in [9.17, 15) is 12.8 Å². The second-order valence-electron chi connectivity index (χ2n) is 3.92. The van der Waals surface area contributed by atoms with E-state index >= 15 is 0 Å². The fourth-order valence-electron chi connectivity index (χ4n) is 1.45. The minimum Gasteiger partial charge on any atom is -0.398 e. The van der Waals surface area contributed by atoms with Gasteiger partial charge in [-0.1, -0.05) is 23.2 Å². The Morgan fingerprint density at radius 2 is 1.75 bits per heavy atom. The number of halogens is 3. The third-order valence-corrected chi connectivity index (χ3v) is 4.45. The number of sulfonamides is 1. The van der Waals surface area contributed by atoms with Gasteiger partial charge in [0.1, 0.15) is 5.82 Å². The van der Waals surface area contributed by atoms with Crippen LogP contribution in [0, 0.1) is 5.82 Å². The normalized spacial score (nSPS) is 11.3. The van der Waals surface area contributed by atoms with Crippen LogP contribution in [0.25, 0.3) is 0 Å². The summed E-state index contributed by atoms with van der Waals surface area (Å²) >= 11 is 11.4. The fourth-order valence-corrected chi connectivity index (χ4v) is 2.95. The van der Waals surface area contributed by atoms with E-state index in [0.717, 1.165) is 6.07 Å². The number of benzene rings is 2. The zero-order chi connectivity index (χ0) is 14.9. The van der Waals surface area contributed by atoms with E-state index in [1.807, 2.05) is 0 Å². The van der Waals surface area contributed by atoms with E-state index in [1.165, 1.54) is 30.3 Å². The quantitative estimate of drug-likeness (QED) is 0.843. The Balaban J connectivity index is 2.35. The molecule has 0 bridgehead atoms. The first-order chi connectivity index (χ1) is 9.29. The lowest BCUT2D eigenvalue weighted by molar-refractivity contribution is 0.601. The van der Waals surface area contributed by atoms with Crippen LogP contribution in [-0.2, 0) is 10.0 Å². The maximum absolute atomic E-state index is 13.0. The summed E-state index contributed by atoms with van der Waals surface area (Å²) in [6.45, 7) is 0. The van der Waals surface area contributed by atoms with Gasteiger partial charge in [-0.2, -0.15) is 0 Å². The molecule has 0 aromatic heterocycles. The molecule has 0 amide bonds. The predicted molar refractivity (Wildman–Crippen MR) is 78.1 cm³/mol. The molecule has 0 fully saturated rings. The van der Waals surface area contributed by atoms with Gasteiger partial charge in [-0.05, 0) is 36.4 Å². The van der Waals surface area contributed by atoms with Gasteiger partial charge in [0.2, 0.25) is 0 Å². The largest absolute Gasteiger partial charge is 0.398 e. The Kier molecular flexibility index (Phi) is 4.08. The molecule has 0 aliphatic rings. The molecule has 4 nitrogen and oxygen atoms in total. The van der Waals surface area contributed by atoms with Crippen LogP contribution in [0.1, 0.15) is 0 Å². The molecule has 0 aliphatic heterocycles.